The topological polar surface area (TPSA) is 12.0 Å². The van der Waals surface area contributed by atoms with Gasteiger partial charge in [0.2, 0.25) is 0 Å². The van der Waals surface area contributed by atoms with Crippen molar-refractivity contribution in [2.24, 2.45) is 0 Å². The summed E-state index contributed by atoms with van der Waals surface area (Å²) < 4.78 is 0. The first kappa shape index (κ1) is 14.2. The standard InChI is InChI=1S/C17H21NS2/c1-2-6-15(17-9-5-11-19-17)18-14-10-12-20-16-8-4-3-7-13(14)16/h3-5,7-9,11,14-15,18H,2,6,10,12H2,1H3. The highest BCUT2D eigenvalue weighted by atomic mass is 32.2. The number of fused-ring (bicyclic) bond motifs is 1. The van der Waals surface area contributed by atoms with Gasteiger partial charge in [-0.1, -0.05) is 37.6 Å². The molecule has 0 aliphatic carbocycles. The van der Waals surface area contributed by atoms with Gasteiger partial charge in [0.15, 0.2) is 0 Å². The van der Waals surface area contributed by atoms with Gasteiger partial charge >= 0.3 is 0 Å². The number of rotatable bonds is 5. The van der Waals surface area contributed by atoms with E-state index >= 15 is 0 Å². The first-order valence-electron chi connectivity index (χ1n) is 7.39. The van der Waals surface area contributed by atoms with Crippen molar-refractivity contribution in [3.63, 3.8) is 0 Å². The van der Waals surface area contributed by atoms with Crippen LogP contribution in [0.15, 0.2) is 46.7 Å². The summed E-state index contributed by atoms with van der Waals surface area (Å²) in [7, 11) is 0. The first-order chi connectivity index (χ1) is 9.88. The third-order valence-electron chi connectivity index (χ3n) is 3.82. The minimum atomic E-state index is 0.501. The van der Waals surface area contributed by atoms with Crippen LogP contribution < -0.4 is 5.32 Å². The van der Waals surface area contributed by atoms with Crippen LogP contribution in [0.2, 0.25) is 0 Å². The molecule has 2 heterocycles. The molecule has 3 heteroatoms. The van der Waals surface area contributed by atoms with Crippen molar-refractivity contribution in [2.75, 3.05) is 5.75 Å². The van der Waals surface area contributed by atoms with Crippen molar-refractivity contribution >= 4 is 23.1 Å². The van der Waals surface area contributed by atoms with Gasteiger partial charge in [-0.3, -0.25) is 0 Å². The van der Waals surface area contributed by atoms with Crippen LogP contribution in [0, 0.1) is 0 Å². The predicted molar refractivity (Wildman–Crippen MR) is 89.6 cm³/mol. The molecule has 1 aromatic heterocycles. The molecule has 1 nitrogen and oxygen atoms in total. The molecule has 0 spiro atoms. The molecule has 2 unspecified atom stereocenters. The quantitative estimate of drug-likeness (QED) is 0.792. The minimum Gasteiger partial charge on any atom is -0.302 e. The highest BCUT2D eigenvalue weighted by Crippen LogP contribution is 2.38. The molecule has 1 N–H and O–H groups in total. The van der Waals surface area contributed by atoms with E-state index in [4.69, 9.17) is 0 Å². The Kier molecular flexibility index (Phi) is 4.81. The van der Waals surface area contributed by atoms with Crippen LogP contribution in [-0.2, 0) is 0 Å². The molecule has 1 aliphatic rings. The average Bonchev–Trinajstić information content (AvgIpc) is 3.01. The smallest absolute Gasteiger partial charge is 0.0419 e. The summed E-state index contributed by atoms with van der Waals surface area (Å²) in [4.78, 5) is 2.93. The minimum absolute atomic E-state index is 0.501. The Morgan fingerprint density at radius 3 is 2.95 bits per heavy atom. The molecule has 2 aromatic rings. The van der Waals surface area contributed by atoms with Crippen molar-refractivity contribution in [2.45, 2.75) is 43.2 Å². The van der Waals surface area contributed by atoms with Crippen LogP contribution in [-0.4, -0.2) is 5.75 Å². The zero-order chi connectivity index (χ0) is 13.8. The van der Waals surface area contributed by atoms with Gasteiger partial charge in [-0.05, 0) is 41.7 Å². The summed E-state index contributed by atoms with van der Waals surface area (Å²) in [6.45, 7) is 2.27. The van der Waals surface area contributed by atoms with E-state index in [9.17, 15) is 0 Å². The fraction of sp³-hybridized carbons (Fsp3) is 0.412. The Hall–Kier alpha value is -0.770. The van der Waals surface area contributed by atoms with E-state index in [0.717, 1.165) is 0 Å². The van der Waals surface area contributed by atoms with Gasteiger partial charge in [-0.2, -0.15) is 0 Å². The van der Waals surface area contributed by atoms with E-state index < -0.39 is 0 Å². The molecule has 0 amide bonds. The SMILES string of the molecule is CCCC(NC1CCSc2ccccc21)c1cccs1. The molecular formula is C17H21NS2. The normalized spacial score (nSPS) is 19.6. The van der Waals surface area contributed by atoms with Gasteiger partial charge in [-0.15, -0.1) is 23.1 Å². The second kappa shape index (κ2) is 6.79. The molecule has 106 valence electrons. The van der Waals surface area contributed by atoms with Crippen molar-refractivity contribution in [3.05, 3.63) is 52.2 Å². The molecule has 1 aromatic carbocycles. The molecule has 0 bridgehead atoms. The van der Waals surface area contributed by atoms with E-state index in [0.29, 0.717) is 12.1 Å². The lowest BCUT2D eigenvalue weighted by Gasteiger charge is -2.30. The van der Waals surface area contributed by atoms with E-state index in [2.05, 4.69) is 54.0 Å². The fourth-order valence-corrected chi connectivity index (χ4v) is 4.79. The molecule has 3 rings (SSSR count). The zero-order valence-corrected chi connectivity index (χ0v) is 13.5. The lowest BCUT2D eigenvalue weighted by atomic mass is 10.0. The Labute approximate surface area is 129 Å². The van der Waals surface area contributed by atoms with Crippen molar-refractivity contribution < 1.29 is 0 Å². The number of nitrogens with one attached hydrogen (secondary N) is 1. The van der Waals surface area contributed by atoms with Crippen molar-refractivity contribution in [3.8, 4) is 0 Å². The lowest BCUT2D eigenvalue weighted by molar-refractivity contribution is 0.412. The fourth-order valence-electron chi connectivity index (χ4n) is 2.84. The molecule has 0 saturated carbocycles. The number of thioether (sulfide) groups is 1. The van der Waals surface area contributed by atoms with Crippen LogP contribution in [0.3, 0.4) is 0 Å². The van der Waals surface area contributed by atoms with Crippen molar-refractivity contribution in [1.29, 1.82) is 0 Å². The maximum Gasteiger partial charge on any atom is 0.0419 e. The maximum absolute atomic E-state index is 3.91. The maximum atomic E-state index is 3.91. The van der Waals surface area contributed by atoms with Crippen LogP contribution in [0.25, 0.3) is 0 Å². The number of hydrogen-bond donors (Lipinski definition) is 1. The monoisotopic (exact) mass is 303 g/mol. The summed E-state index contributed by atoms with van der Waals surface area (Å²) in [5, 5.41) is 6.10. The lowest BCUT2D eigenvalue weighted by Crippen LogP contribution is -2.28. The van der Waals surface area contributed by atoms with E-state index in [1.165, 1.54) is 40.4 Å². The molecule has 1 aliphatic heterocycles. The predicted octanol–water partition coefficient (Wildman–Crippen LogP) is 5.42. The van der Waals surface area contributed by atoms with Crippen LogP contribution in [0.4, 0.5) is 0 Å². The summed E-state index contributed by atoms with van der Waals surface area (Å²) in [5.41, 5.74) is 1.49. The van der Waals surface area contributed by atoms with E-state index in [1.54, 1.807) is 0 Å². The van der Waals surface area contributed by atoms with Gasteiger partial charge in [0.05, 0.1) is 0 Å². The molecule has 0 radical (unpaired) electrons. The van der Waals surface area contributed by atoms with Crippen molar-refractivity contribution in [1.82, 2.24) is 5.32 Å². The average molecular weight is 303 g/mol. The Morgan fingerprint density at radius 2 is 2.15 bits per heavy atom. The van der Waals surface area contributed by atoms with Gasteiger partial charge in [0, 0.05) is 21.9 Å². The second-order valence-corrected chi connectivity index (χ2v) is 7.37. The van der Waals surface area contributed by atoms with Gasteiger partial charge < -0.3 is 5.32 Å². The molecule has 0 fully saturated rings. The number of hydrogen-bond acceptors (Lipinski definition) is 3. The summed E-state index contributed by atoms with van der Waals surface area (Å²) in [6, 6.07) is 14.3. The highest BCUT2D eigenvalue weighted by molar-refractivity contribution is 7.99. The molecule has 0 saturated heterocycles. The summed E-state index contributed by atoms with van der Waals surface area (Å²) >= 11 is 3.87. The largest absolute Gasteiger partial charge is 0.302 e. The van der Waals surface area contributed by atoms with Gasteiger partial charge in [0.25, 0.3) is 0 Å². The molecule has 2 atom stereocenters. The number of benzene rings is 1. The Morgan fingerprint density at radius 1 is 1.25 bits per heavy atom. The third-order valence-corrected chi connectivity index (χ3v) is 5.93. The number of thiophene rings is 1. The van der Waals surface area contributed by atoms with Crippen LogP contribution >= 0.6 is 23.1 Å². The summed E-state index contributed by atoms with van der Waals surface area (Å²) in [6.07, 6.45) is 3.66. The van der Waals surface area contributed by atoms with Gasteiger partial charge in [0.1, 0.15) is 0 Å². The highest BCUT2D eigenvalue weighted by Gasteiger charge is 2.23. The molecular weight excluding hydrogens is 282 g/mol. The molecule has 20 heavy (non-hydrogen) atoms. The van der Waals surface area contributed by atoms with Crippen LogP contribution in [0.5, 0.6) is 0 Å². The van der Waals surface area contributed by atoms with E-state index in [1.807, 2.05) is 23.1 Å². The Bertz CT molecular complexity index is 536. The zero-order valence-electron chi connectivity index (χ0n) is 11.8. The first-order valence-corrected chi connectivity index (χ1v) is 9.26. The summed E-state index contributed by atoms with van der Waals surface area (Å²) in [5.74, 6) is 1.22. The van der Waals surface area contributed by atoms with Crippen LogP contribution in [0.1, 0.15) is 48.7 Å². The van der Waals surface area contributed by atoms with E-state index in [-0.39, 0.29) is 0 Å². The van der Waals surface area contributed by atoms with Gasteiger partial charge in [-0.25, -0.2) is 0 Å². The second-order valence-electron chi connectivity index (χ2n) is 5.25. The third kappa shape index (κ3) is 3.11. The Balaban J connectivity index is 1.79.